The standard InChI is InChI=1S/C11H17BrN2/c1-8-3-4-11(12)5-10(8)7-14-9(2)6-13/h3-5,9,14H,6-7,13H2,1-2H3/t9-/m1/s1. The first-order chi connectivity index (χ1) is 6.63. The molecule has 3 N–H and O–H groups in total. The van der Waals surface area contributed by atoms with Crippen LogP contribution in [0.25, 0.3) is 0 Å². The highest BCUT2D eigenvalue weighted by molar-refractivity contribution is 9.10. The molecule has 0 radical (unpaired) electrons. The van der Waals surface area contributed by atoms with Gasteiger partial charge in [-0.05, 0) is 37.1 Å². The largest absolute Gasteiger partial charge is 0.329 e. The van der Waals surface area contributed by atoms with E-state index in [4.69, 9.17) is 5.73 Å². The molecule has 0 aliphatic rings. The Labute approximate surface area is 94.0 Å². The summed E-state index contributed by atoms with van der Waals surface area (Å²) in [5.41, 5.74) is 8.16. The van der Waals surface area contributed by atoms with E-state index in [1.165, 1.54) is 11.1 Å². The molecular formula is C11H17BrN2. The van der Waals surface area contributed by atoms with E-state index in [0.29, 0.717) is 12.6 Å². The molecule has 1 atom stereocenters. The average Bonchev–Trinajstić information content (AvgIpc) is 2.19. The van der Waals surface area contributed by atoms with Gasteiger partial charge in [0.15, 0.2) is 0 Å². The Morgan fingerprint density at radius 1 is 1.50 bits per heavy atom. The van der Waals surface area contributed by atoms with Crippen LogP contribution in [0.5, 0.6) is 0 Å². The zero-order valence-electron chi connectivity index (χ0n) is 8.68. The van der Waals surface area contributed by atoms with Gasteiger partial charge in [-0.15, -0.1) is 0 Å². The lowest BCUT2D eigenvalue weighted by molar-refractivity contribution is 0.555. The third-order valence-corrected chi connectivity index (χ3v) is 2.80. The molecule has 14 heavy (non-hydrogen) atoms. The maximum Gasteiger partial charge on any atom is 0.0211 e. The quantitative estimate of drug-likeness (QED) is 0.867. The van der Waals surface area contributed by atoms with E-state index in [1.807, 2.05) is 0 Å². The van der Waals surface area contributed by atoms with Crippen molar-refractivity contribution in [1.82, 2.24) is 5.32 Å². The van der Waals surface area contributed by atoms with E-state index < -0.39 is 0 Å². The third-order valence-electron chi connectivity index (χ3n) is 2.31. The molecule has 0 unspecified atom stereocenters. The van der Waals surface area contributed by atoms with Crippen LogP contribution >= 0.6 is 15.9 Å². The van der Waals surface area contributed by atoms with Crippen molar-refractivity contribution in [2.75, 3.05) is 6.54 Å². The summed E-state index contributed by atoms with van der Waals surface area (Å²) < 4.78 is 1.13. The van der Waals surface area contributed by atoms with Crippen molar-refractivity contribution >= 4 is 15.9 Å². The van der Waals surface area contributed by atoms with Gasteiger partial charge >= 0.3 is 0 Å². The van der Waals surface area contributed by atoms with Crippen molar-refractivity contribution in [2.45, 2.75) is 26.4 Å². The summed E-state index contributed by atoms with van der Waals surface area (Å²) in [6.07, 6.45) is 0. The molecule has 0 aliphatic carbocycles. The zero-order chi connectivity index (χ0) is 10.6. The number of benzene rings is 1. The van der Waals surface area contributed by atoms with Gasteiger partial charge in [0, 0.05) is 23.6 Å². The Morgan fingerprint density at radius 2 is 2.21 bits per heavy atom. The molecule has 0 heterocycles. The van der Waals surface area contributed by atoms with Gasteiger partial charge < -0.3 is 11.1 Å². The normalized spacial score (nSPS) is 12.9. The molecule has 1 rings (SSSR count). The number of hydrogen-bond acceptors (Lipinski definition) is 2. The molecule has 2 nitrogen and oxygen atoms in total. The summed E-state index contributed by atoms with van der Waals surface area (Å²) in [7, 11) is 0. The minimum atomic E-state index is 0.369. The van der Waals surface area contributed by atoms with Crippen molar-refractivity contribution in [1.29, 1.82) is 0 Å². The van der Waals surface area contributed by atoms with Gasteiger partial charge in [-0.3, -0.25) is 0 Å². The zero-order valence-corrected chi connectivity index (χ0v) is 10.3. The van der Waals surface area contributed by atoms with Crippen molar-refractivity contribution in [3.8, 4) is 0 Å². The van der Waals surface area contributed by atoms with Gasteiger partial charge in [-0.25, -0.2) is 0 Å². The monoisotopic (exact) mass is 256 g/mol. The van der Waals surface area contributed by atoms with Gasteiger partial charge in [-0.2, -0.15) is 0 Å². The lowest BCUT2D eigenvalue weighted by Gasteiger charge is -2.12. The van der Waals surface area contributed by atoms with Crippen molar-refractivity contribution in [3.05, 3.63) is 33.8 Å². The van der Waals surface area contributed by atoms with E-state index in [1.54, 1.807) is 0 Å². The first kappa shape index (κ1) is 11.7. The molecule has 0 saturated carbocycles. The number of halogens is 1. The van der Waals surface area contributed by atoms with Gasteiger partial charge in [0.25, 0.3) is 0 Å². The van der Waals surface area contributed by atoms with E-state index >= 15 is 0 Å². The van der Waals surface area contributed by atoms with Crippen LogP contribution in [-0.2, 0) is 6.54 Å². The lowest BCUT2D eigenvalue weighted by atomic mass is 10.1. The topological polar surface area (TPSA) is 38.0 Å². The second-order valence-electron chi connectivity index (χ2n) is 3.59. The Bertz CT molecular complexity index is 299. The number of nitrogens with two attached hydrogens (primary N) is 1. The summed E-state index contributed by atoms with van der Waals surface area (Å²) in [5.74, 6) is 0. The highest BCUT2D eigenvalue weighted by atomic mass is 79.9. The summed E-state index contributed by atoms with van der Waals surface area (Å²) in [6.45, 7) is 5.76. The van der Waals surface area contributed by atoms with Crippen molar-refractivity contribution < 1.29 is 0 Å². The Kier molecular flexibility index (Phi) is 4.58. The Hall–Kier alpha value is -0.380. The van der Waals surface area contributed by atoms with Crippen LogP contribution in [0.2, 0.25) is 0 Å². The molecule has 3 heteroatoms. The van der Waals surface area contributed by atoms with Gasteiger partial charge in [0.1, 0.15) is 0 Å². The van der Waals surface area contributed by atoms with Crippen molar-refractivity contribution in [2.24, 2.45) is 5.73 Å². The van der Waals surface area contributed by atoms with Crippen LogP contribution in [0.4, 0.5) is 0 Å². The van der Waals surface area contributed by atoms with E-state index in [-0.39, 0.29) is 0 Å². The maximum atomic E-state index is 5.53. The van der Waals surface area contributed by atoms with Gasteiger partial charge in [0.05, 0.1) is 0 Å². The van der Waals surface area contributed by atoms with Crippen molar-refractivity contribution in [3.63, 3.8) is 0 Å². The number of hydrogen-bond donors (Lipinski definition) is 2. The van der Waals surface area contributed by atoms with Crippen LogP contribution in [0, 0.1) is 6.92 Å². The first-order valence-electron chi connectivity index (χ1n) is 4.82. The molecule has 0 fully saturated rings. The SMILES string of the molecule is Cc1ccc(Br)cc1CN[C@H](C)CN. The second-order valence-corrected chi connectivity index (χ2v) is 4.50. The summed E-state index contributed by atoms with van der Waals surface area (Å²) >= 11 is 3.47. The molecule has 0 saturated heterocycles. The summed E-state index contributed by atoms with van der Waals surface area (Å²) in [4.78, 5) is 0. The third kappa shape index (κ3) is 3.40. The fourth-order valence-corrected chi connectivity index (χ4v) is 1.61. The van der Waals surface area contributed by atoms with Crippen LogP contribution in [0.3, 0.4) is 0 Å². The molecule has 1 aromatic carbocycles. The van der Waals surface area contributed by atoms with E-state index in [9.17, 15) is 0 Å². The van der Waals surface area contributed by atoms with Gasteiger partial charge in [0.2, 0.25) is 0 Å². The molecule has 0 amide bonds. The number of rotatable bonds is 4. The smallest absolute Gasteiger partial charge is 0.0211 e. The summed E-state index contributed by atoms with van der Waals surface area (Å²) in [5, 5.41) is 3.37. The molecule has 0 aromatic heterocycles. The molecule has 1 aromatic rings. The fourth-order valence-electron chi connectivity index (χ4n) is 1.20. The number of nitrogens with one attached hydrogen (secondary N) is 1. The highest BCUT2D eigenvalue weighted by Gasteiger charge is 2.01. The predicted octanol–water partition coefficient (Wildman–Crippen LogP) is 2.19. The highest BCUT2D eigenvalue weighted by Crippen LogP contribution is 2.15. The predicted molar refractivity (Wildman–Crippen MR) is 64.2 cm³/mol. The Balaban J connectivity index is 2.62. The first-order valence-corrected chi connectivity index (χ1v) is 5.61. The molecular weight excluding hydrogens is 240 g/mol. The van der Waals surface area contributed by atoms with Crippen LogP contribution in [-0.4, -0.2) is 12.6 Å². The van der Waals surface area contributed by atoms with Crippen LogP contribution in [0.1, 0.15) is 18.1 Å². The minimum Gasteiger partial charge on any atom is -0.329 e. The fraction of sp³-hybridized carbons (Fsp3) is 0.455. The van der Waals surface area contributed by atoms with Gasteiger partial charge in [-0.1, -0.05) is 22.0 Å². The van der Waals surface area contributed by atoms with E-state index in [2.05, 4.69) is 53.3 Å². The minimum absolute atomic E-state index is 0.369. The molecule has 0 bridgehead atoms. The molecule has 0 aliphatic heterocycles. The average molecular weight is 257 g/mol. The van der Waals surface area contributed by atoms with E-state index in [0.717, 1.165) is 11.0 Å². The maximum absolute atomic E-state index is 5.53. The van der Waals surface area contributed by atoms with Crippen LogP contribution in [0.15, 0.2) is 22.7 Å². The second kappa shape index (κ2) is 5.49. The van der Waals surface area contributed by atoms with Crippen LogP contribution < -0.4 is 11.1 Å². The molecule has 0 spiro atoms. The summed E-state index contributed by atoms with van der Waals surface area (Å²) in [6, 6.07) is 6.69. The Morgan fingerprint density at radius 3 is 2.86 bits per heavy atom. The lowest BCUT2D eigenvalue weighted by Crippen LogP contribution is -2.32. The molecule has 78 valence electrons. The number of aryl methyl sites for hydroxylation is 1.